The largest absolute Gasteiger partial charge is 0.466 e. The molecule has 0 saturated carbocycles. The number of ketones is 1. The second-order valence-corrected chi connectivity index (χ2v) is 5.15. The van der Waals surface area contributed by atoms with Crippen LogP contribution in [0.3, 0.4) is 0 Å². The Hall–Kier alpha value is -1.69. The van der Waals surface area contributed by atoms with Gasteiger partial charge in [0.2, 0.25) is 0 Å². The van der Waals surface area contributed by atoms with Crippen LogP contribution in [-0.2, 0) is 19.1 Å². The Morgan fingerprint density at radius 2 is 2.33 bits per heavy atom. The van der Waals surface area contributed by atoms with E-state index in [4.69, 9.17) is 9.47 Å². The Balaban J connectivity index is 2.05. The molecule has 1 saturated heterocycles. The van der Waals surface area contributed by atoms with Crippen molar-refractivity contribution in [2.24, 2.45) is 4.99 Å². The lowest BCUT2D eigenvalue weighted by Crippen LogP contribution is -2.42. The smallest absolute Gasteiger partial charge is 0.311 e. The molecule has 2 aliphatic rings. The number of hydrogen-bond acceptors (Lipinski definition) is 6. The molecule has 1 unspecified atom stereocenters. The summed E-state index contributed by atoms with van der Waals surface area (Å²) in [4.78, 5) is 29.9. The molecule has 0 aromatic carbocycles. The average Bonchev–Trinajstić information content (AvgIpc) is 2.47. The van der Waals surface area contributed by atoms with Crippen molar-refractivity contribution in [3.63, 3.8) is 0 Å². The second-order valence-electron chi connectivity index (χ2n) is 5.15. The topological polar surface area (TPSA) is 68.2 Å². The summed E-state index contributed by atoms with van der Waals surface area (Å²) < 4.78 is 10.5. The van der Waals surface area contributed by atoms with Crippen LogP contribution in [0.25, 0.3) is 0 Å². The van der Waals surface area contributed by atoms with Gasteiger partial charge >= 0.3 is 5.97 Å². The van der Waals surface area contributed by atoms with Crippen LogP contribution in [0, 0.1) is 0 Å². The SMILES string of the molecule is CCOC(=O)CC1=NC(N2CCOC(CC)C2)=CC(=O)C1. The van der Waals surface area contributed by atoms with Gasteiger partial charge < -0.3 is 14.4 Å². The molecule has 0 aromatic heterocycles. The highest BCUT2D eigenvalue weighted by Crippen LogP contribution is 2.19. The van der Waals surface area contributed by atoms with Gasteiger partial charge in [-0.05, 0) is 13.3 Å². The summed E-state index contributed by atoms with van der Waals surface area (Å²) in [5, 5.41) is 0. The zero-order chi connectivity index (χ0) is 15.2. The fourth-order valence-electron chi connectivity index (χ4n) is 2.45. The number of allylic oxidation sites excluding steroid dienone is 1. The summed E-state index contributed by atoms with van der Waals surface area (Å²) >= 11 is 0. The Morgan fingerprint density at radius 3 is 3.05 bits per heavy atom. The van der Waals surface area contributed by atoms with E-state index in [1.54, 1.807) is 13.0 Å². The summed E-state index contributed by atoms with van der Waals surface area (Å²) in [5.41, 5.74) is 0.579. The minimum atomic E-state index is -0.335. The summed E-state index contributed by atoms with van der Waals surface area (Å²) in [5.74, 6) is 0.296. The van der Waals surface area contributed by atoms with Gasteiger partial charge in [-0.2, -0.15) is 0 Å². The zero-order valence-electron chi connectivity index (χ0n) is 12.6. The lowest BCUT2D eigenvalue weighted by atomic mass is 10.1. The van der Waals surface area contributed by atoms with Crippen LogP contribution in [-0.4, -0.2) is 54.8 Å². The molecule has 0 bridgehead atoms. The van der Waals surface area contributed by atoms with Gasteiger partial charge in [0, 0.05) is 31.3 Å². The van der Waals surface area contributed by atoms with Crippen LogP contribution in [0.1, 0.15) is 33.1 Å². The Bertz CT molecular complexity index is 470. The Kier molecular flexibility index (Phi) is 5.50. The molecule has 6 nitrogen and oxygen atoms in total. The van der Waals surface area contributed by atoms with E-state index >= 15 is 0 Å². The minimum Gasteiger partial charge on any atom is -0.466 e. The maximum Gasteiger partial charge on any atom is 0.311 e. The fourth-order valence-corrected chi connectivity index (χ4v) is 2.45. The maximum atomic E-state index is 11.8. The van der Waals surface area contributed by atoms with Gasteiger partial charge in [0.25, 0.3) is 0 Å². The lowest BCUT2D eigenvalue weighted by Gasteiger charge is -2.34. The summed E-state index contributed by atoms with van der Waals surface area (Å²) in [6, 6.07) is 0. The van der Waals surface area contributed by atoms with Crippen LogP contribution in [0.15, 0.2) is 16.9 Å². The first-order chi connectivity index (χ1) is 10.1. The standard InChI is InChI=1S/C15H22N2O4/c1-3-13-10-17(5-6-21-13)14-9-12(18)7-11(16-14)8-15(19)20-4-2/h9,13H,3-8,10H2,1-2H3. The van der Waals surface area contributed by atoms with Gasteiger partial charge in [0.1, 0.15) is 5.82 Å². The molecule has 0 radical (unpaired) electrons. The van der Waals surface area contributed by atoms with Crippen LogP contribution in [0.4, 0.5) is 0 Å². The van der Waals surface area contributed by atoms with Crippen LogP contribution in [0.2, 0.25) is 0 Å². The van der Waals surface area contributed by atoms with Gasteiger partial charge in [-0.1, -0.05) is 6.92 Å². The molecule has 0 aliphatic carbocycles. The van der Waals surface area contributed by atoms with Crippen molar-refractivity contribution < 1.29 is 19.1 Å². The van der Waals surface area contributed by atoms with Gasteiger partial charge in [-0.3, -0.25) is 9.59 Å². The minimum absolute atomic E-state index is 0.0150. The molecule has 2 aliphatic heterocycles. The summed E-state index contributed by atoms with van der Waals surface area (Å²) in [7, 11) is 0. The Labute approximate surface area is 124 Å². The van der Waals surface area contributed by atoms with Crippen molar-refractivity contribution in [1.29, 1.82) is 0 Å². The van der Waals surface area contributed by atoms with E-state index in [-0.39, 0.29) is 30.7 Å². The molecule has 116 valence electrons. The number of morpholine rings is 1. The van der Waals surface area contributed by atoms with E-state index in [2.05, 4.69) is 16.8 Å². The van der Waals surface area contributed by atoms with Crippen LogP contribution < -0.4 is 0 Å². The highest BCUT2D eigenvalue weighted by molar-refractivity contribution is 6.13. The van der Waals surface area contributed by atoms with Crippen molar-refractivity contribution in [3.8, 4) is 0 Å². The van der Waals surface area contributed by atoms with Crippen molar-refractivity contribution in [2.75, 3.05) is 26.3 Å². The second kappa shape index (κ2) is 7.36. The van der Waals surface area contributed by atoms with Gasteiger partial charge in [0.05, 0.1) is 25.7 Å². The summed E-state index contributed by atoms with van der Waals surface area (Å²) in [6.45, 7) is 6.24. The van der Waals surface area contributed by atoms with Crippen LogP contribution >= 0.6 is 0 Å². The first-order valence-corrected chi connectivity index (χ1v) is 7.45. The molecule has 0 aromatic rings. The Morgan fingerprint density at radius 1 is 1.52 bits per heavy atom. The number of nitrogens with zero attached hydrogens (tertiary/aromatic N) is 2. The van der Waals surface area contributed by atoms with E-state index in [0.717, 1.165) is 13.0 Å². The molecular weight excluding hydrogens is 272 g/mol. The zero-order valence-corrected chi connectivity index (χ0v) is 12.6. The van der Waals surface area contributed by atoms with E-state index in [1.165, 1.54) is 0 Å². The number of hydrogen-bond donors (Lipinski definition) is 0. The highest BCUT2D eigenvalue weighted by Gasteiger charge is 2.24. The normalized spacial score (nSPS) is 22.7. The van der Waals surface area contributed by atoms with E-state index in [9.17, 15) is 9.59 Å². The molecular formula is C15H22N2O4. The average molecular weight is 294 g/mol. The molecule has 0 spiro atoms. The molecule has 1 atom stereocenters. The summed E-state index contributed by atoms with van der Waals surface area (Å²) in [6.07, 6.45) is 2.94. The van der Waals surface area contributed by atoms with Gasteiger partial charge in [0.15, 0.2) is 5.78 Å². The van der Waals surface area contributed by atoms with Gasteiger partial charge in [-0.25, -0.2) is 4.99 Å². The number of esters is 1. The first kappa shape index (κ1) is 15.7. The van der Waals surface area contributed by atoms with Gasteiger partial charge in [-0.15, -0.1) is 0 Å². The lowest BCUT2D eigenvalue weighted by molar-refractivity contribution is -0.141. The molecule has 1 fully saturated rings. The van der Waals surface area contributed by atoms with E-state index in [0.29, 0.717) is 31.3 Å². The first-order valence-electron chi connectivity index (χ1n) is 7.45. The molecule has 0 N–H and O–H groups in total. The molecule has 0 amide bonds. The fraction of sp³-hybridized carbons (Fsp3) is 0.667. The molecule has 6 heteroatoms. The van der Waals surface area contributed by atoms with E-state index in [1.807, 2.05) is 0 Å². The quantitative estimate of drug-likeness (QED) is 0.715. The monoisotopic (exact) mass is 294 g/mol. The number of ether oxygens (including phenoxy) is 2. The third-order valence-corrected chi connectivity index (χ3v) is 3.51. The van der Waals surface area contributed by atoms with Crippen molar-refractivity contribution in [1.82, 2.24) is 4.90 Å². The van der Waals surface area contributed by atoms with Crippen molar-refractivity contribution >= 4 is 17.5 Å². The number of aliphatic imine (C=N–C) groups is 1. The third-order valence-electron chi connectivity index (χ3n) is 3.51. The predicted molar refractivity (Wildman–Crippen MR) is 78.0 cm³/mol. The predicted octanol–water partition coefficient (Wildman–Crippen LogP) is 1.31. The number of rotatable bonds is 5. The highest BCUT2D eigenvalue weighted by atomic mass is 16.5. The van der Waals surface area contributed by atoms with Crippen LogP contribution in [0.5, 0.6) is 0 Å². The number of carbonyl (C=O) groups excluding carboxylic acids is 2. The van der Waals surface area contributed by atoms with Crippen molar-refractivity contribution in [2.45, 2.75) is 39.2 Å². The maximum absolute atomic E-state index is 11.8. The molecule has 2 heterocycles. The van der Waals surface area contributed by atoms with Crippen molar-refractivity contribution in [3.05, 3.63) is 11.9 Å². The van der Waals surface area contributed by atoms with E-state index < -0.39 is 0 Å². The third kappa shape index (κ3) is 4.39. The number of carbonyl (C=O) groups is 2. The molecule has 2 rings (SSSR count). The molecule has 21 heavy (non-hydrogen) atoms.